The highest BCUT2D eigenvalue weighted by Gasteiger charge is 2.21. The van der Waals surface area contributed by atoms with E-state index < -0.39 is 0 Å². The van der Waals surface area contributed by atoms with Gasteiger partial charge in [-0.15, -0.1) is 0 Å². The van der Waals surface area contributed by atoms with E-state index in [1.165, 1.54) is 18.4 Å². The molecule has 0 saturated heterocycles. The molecule has 1 fully saturated rings. The molecule has 0 amide bonds. The lowest BCUT2D eigenvalue weighted by atomic mass is 10.2. The molecular formula is C16H25N3O. The van der Waals surface area contributed by atoms with Gasteiger partial charge in [-0.3, -0.25) is 0 Å². The molecule has 0 aromatic heterocycles. The lowest BCUT2D eigenvalue weighted by Gasteiger charge is -2.10. The number of aliphatic imine (C=N–C) groups is 1. The molecule has 110 valence electrons. The number of nitrogens with zero attached hydrogens (tertiary/aromatic N) is 1. The SMILES string of the molecule is CCCOc1cccc(CN=C(NCC)NC2CC2)c1. The van der Waals surface area contributed by atoms with Crippen LogP contribution >= 0.6 is 0 Å². The first kappa shape index (κ1) is 14.7. The van der Waals surface area contributed by atoms with E-state index in [1.807, 2.05) is 12.1 Å². The van der Waals surface area contributed by atoms with Crippen molar-refractivity contribution in [2.45, 2.75) is 45.7 Å². The minimum Gasteiger partial charge on any atom is -0.494 e. The molecule has 0 unspecified atom stereocenters. The Kier molecular flexibility index (Phi) is 5.71. The Labute approximate surface area is 121 Å². The van der Waals surface area contributed by atoms with Crippen LogP contribution in [0.1, 0.15) is 38.7 Å². The second-order valence-electron chi connectivity index (χ2n) is 5.11. The third-order valence-electron chi connectivity index (χ3n) is 3.05. The molecule has 1 aliphatic rings. The summed E-state index contributed by atoms with van der Waals surface area (Å²) >= 11 is 0. The van der Waals surface area contributed by atoms with Gasteiger partial charge in [-0.25, -0.2) is 4.99 Å². The lowest BCUT2D eigenvalue weighted by Crippen LogP contribution is -2.38. The van der Waals surface area contributed by atoms with Crippen molar-refractivity contribution in [2.24, 2.45) is 4.99 Å². The van der Waals surface area contributed by atoms with Crippen molar-refractivity contribution in [3.05, 3.63) is 29.8 Å². The van der Waals surface area contributed by atoms with Crippen molar-refractivity contribution >= 4 is 5.96 Å². The fourth-order valence-electron chi connectivity index (χ4n) is 1.86. The molecule has 4 heteroatoms. The number of hydrogen-bond acceptors (Lipinski definition) is 2. The average Bonchev–Trinajstić information content (AvgIpc) is 3.27. The Morgan fingerprint density at radius 2 is 2.20 bits per heavy atom. The standard InChI is InChI=1S/C16H25N3O/c1-3-10-20-15-7-5-6-13(11-15)12-18-16(17-4-2)19-14-8-9-14/h5-7,11,14H,3-4,8-10,12H2,1-2H3,(H2,17,18,19). The van der Waals surface area contributed by atoms with Gasteiger partial charge in [0.15, 0.2) is 5.96 Å². The molecule has 0 bridgehead atoms. The lowest BCUT2D eigenvalue weighted by molar-refractivity contribution is 0.317. The summed E-state index contributed by atoms with van der Waals surface area (Å²) in [5.74, 6) is 1.84. The Morgan fingerprint density at radius 3 is 2.90 bits per heavy atom. The zero-order chi connectivity index (χ0) is 14.2. The number of nitrogens with one attached hydrogen (secondary N) is 2. The smallest absolute Gasteiger partial charge is 0.191 e. The first-order valence-electron chi connectivity index (χ1n) is 7.58. The van der Waals surface area contributed by atoms with E-state index in [0.717, 1.165) is 31.3 Å². The van der Waals surface area contributed by atoms with Crippen molar-refractivity contribution in [1.29, 1.82) is 0 Å². The average molecular weight is 275 g/mol. The highest BCUT2D eigenvalue weighted by atomic mass is 16.5. The highest BCUT2D eigenvalue weighted by molar-refractivity contribution is 5.80. The maximum Gasteiger partial charge on any atom is 0.191 e. The summed E-state index contributed by atoms with van der Waals surface area (Å²) in [6, 6.07) is 8.79. The van der Waals surface area contributed by atoms with Crippen LogP contribution in [-0.2, 0) is 6.54 Å². The Bertz CT molecular complexity index is 441. The number of hydrogen-bond donors (Lipinski definition) is 2. The van der Waals surface area contributed by atoms with Gasteiger partial charge in [0.1, 0.15) is 5.75 Å². The Balaban J connectivity index is 1.92. The van der Waals surface area contributed by atoms with E-state index in [2.05, 4.69) is 41.6 Å². The molecule has 1 aliphatic carbocycles. The number of ether oxygens (including phenoxy) is 1. The first-order valence-corrected chi connectivity index (χ1v) is 7.58. The maximum atomic E-state index is 5.64. The van der Waals surface area contributed by atoms with E-state index in [9.17, 15) is 0 Å². The van der Waals surface area contributed by atoms with Gasteiger partial charge < -0.3 is 15.4 Å². The summed E-state index contributed by atoms with van der Waals surface area (Å²) in [4.78, 5) is 4.62. The molecule has 2 rings (SSSR count). The largest absolute Gasteiger partial charge is 0.494 e. The highest BCUT2D eigenvalue weighted by Crippen LogP contribution is 2.18. The first-order chi connectivity index (χ1) is 9.81. The summed E-state index contributed by atoms with van der Waals surface area (Å²) in [7, 11) is 0. The van der Waals surface area contributed by atoms with Crippen LogP contribution in [0.4, 0.5) is 0 Å². The van der Waals surface area contributed by atoms with Gasteiger partial charge in [-0.05, 0) is 43.9 Å². The topological polar surface area (TPSA) is 45.6 Å². The quantitative estimate of drug-likeness (QED) is 0.594. The van der Waals surface area contributed by atoms with Gasteiger partial charge in [0, 0.05) is 12.6 Å². The molecule has 0 radical (unpaired) electrons. The fourth-order valence-corrected chi connectivity index (χ4v) is 1.86. The van der Waals surface area contributed by atoms with Crippen LogP contribution in [0, 0.1) is 0 Å². The summed E-state index contributed by atoms with van der Waals surface area (Å²) in [5.41, 5.74) is 1.17. The molecule has 0 spiro atoms. The van der Waals surface area contributed by atoms with Gasteiger partial charge in [-0.2, -0.15) is 0 Å². The van der Waals surface area contributed by atoms with Crippen molar-refractivity contribution in [1.82, 2.24) is 10.6 Å². The van der Waals surface area contributed by atoms with Crippen molar-refractivity contribution in [3.63, 3.8) is 0 Å². The second-order valence-corrected chi connectivity index (χ2v) is 5.11. The van der Waals surface area contributed by atoms with Gasteiger partial charge in [-0.1, -0.05) is 19.1 Å². The van der Waals surface area contributed by atoms with Crippen LogP contribution < -0.4 is 15.4 Å². The Hall–Kier alpha value is -1.71. The third kappa shape index (κ3) is 5.11. The second kappa shape index (κ2) is 7.78. The summed E-state index contributed by atoms with van der Waals surface area (Å²) < 4.78 is 5.64. The van der Waals surface area contributed by atoms with Crippen LogP contribution in [0.2, 0.25) is 0 Å². The van der Waals surface area contributed by atoms with Gasteiger partial charge in [0.05, 0.1) is 13.2 Å². The van der Waals surface area contributed by atoms with E-state index in [-0.39, 0.29) is 0 Å². The molecule has 2 N–H and O–H groups in total. The molecule has 1 aromatic rings. The summed E-state index contributed by atoms with van der Waals surface area (Å²) in [6.45, 7) is 6.52. The van der Waals surface area contributed by atoms with E-state index in [4.69, 9.17) is 4.74 Å². The minimum atomic E-state index is 0.618. The van der Waals surface area contributed by atoms with E-state index >= 15 is 0 Å². The molecule has 0 aliphatic heterocycles. The van der Waals surface area contributed by atoms with E-state index in [0.29, 0.717) is 12.6 Å². The third-order valence-corrected chi connectivity index (χ3v) is 3.05. The monoisotopic (exact) mass is 275 g/mol. The molecular weight excluding hydrogens is 250 g/mol. The molecule has 1 saturated carbocycles. The molecule has 1 aromatic carbocycles. The predicted octanol–water partition coefficient (Wildman–Crippen LogP) is 2.69. The molecule has 4 nitrogen and oxygen atoms in total. The zero-order valence-corrected chi connectivity index (χ0v) is 12.5. The van der Waals surface area contributed by atoms with Crippen molar-refractivity contribution < 1.29 is 4.74 Å². The fraction of sp³-hybridized carbons (Fsp3) is 0.562. The van der Waals surface area contributed by atoms with Crippen LogP contribution in [0.3, 0.4) is 0 Å². The van der Waals surface area contributed by atoms with Crippen LogP contribution in [-0.4, -0.2) is 25.2 Å². The minimum absolute atomic E-state index is 0.618. The predicted molar refractivity (Wildman–Crippen MR) is 83.2 cm³/mol. The zero-order valence-electron chi connectivity index (χ0n) is 12.5. The normalized spacial score (nSPS) is 15.0. The van der Waals surface area contributed by atoms with Gasteiger partial charge in [0.2, 0.25) is 0 Å². The molecule has 0 atom stereocenters. The summed E-state index contributed by atoms with van der Waals surface area (Å²) in [6.07, 6.45) is 3.54. The molecule has 0 heterocycles. The van der Waals surface area contributed by atoms with Crippen LogP contribution in [0.25, 0.3) is 0 Å². The number of benzene rings is 1. The molecule has 20 heavy (non-hydrogen) atoms. The number of guanidine groups is 1. The van der Waals surface area contributed by atoms with Crippen LogP contribution in [0.5, 0.6) is 5.75 Å². The van der Waals surface area contributed by atoms with Gasteiger partial charge in [0.25, 0.3) is 0 Å². The Morgan fingerprint density at radius 1 is 1.35 bits per heavy atom. The van der Waals surface area contributed by atoms with E-state index in [1.54, 1.807) is 0 Å². The van der Waals surface area contributed by atoms with Crippen molar-refractivity contribution in [3.8, 4) is 5.75 Å². The van der Waals surface area contributed by atoms with Crippen LogP contribution in [0.15, 0.2) is 29.3 Å². The maximum absolute atomic E-state index is 5.64. The van der Waals surface area contributed by atoms with Crippen molar-refractivity contribution in [2.75, 3.05) is 13.2 Å². The summed E-state index contributed by atoms with van der Waals surface area (Å²) in [5, 5.41) is 6.70. The van der Waals surface area contributed by atoms with Gasteiger partial charge >= 0.3 is 0 Å². The number of rotatable bonds is 7.